The summed E-state index contributed by atoms with van der Waals surface area (Å²) in [5.74, 6) is 1.24. The van der Waals surface area contributed by atoms with E-state index in [1.165, 1.54) is 19.3 Å². The van der Waals surface area contributed by atoms with Crippen LogP contribution in [0.2, 0.25) is 0 Å². The van der Waals surface area contributed by atoms with E-state index in [4.69, 9.17) is 0 Å². The molecule has 1 heterocycles. The van der Waals surface area contributed by atoms with Crippen LogP contribution in [-0.2, 0) is 0 Å². The second kappa shape index (κ2) is 6.56. The normalized spacial score (nSPS) is 19.5. The van der Waals surface area contributed by atoms with E-state index in [0.29, 0.717) is 11.7 Å². The van der Waals surface area contributed by atoms with Gasteiger partial charge in [0.25, 0.3) is 5.91 Å². The van der Waals surface area contributed by atoms with Gasteiger partial charge in [-0.15, -0.1) is 10.2 Å². The number of nitrogens with one attached hydrogen (secondary N) is 2. The molecule has 0 radical (unpaired) electrons. The predicted octanol–water partition coefficient (Wildman–Crippen LogP) is 3.33. The molecular formula is C17H20N4O. The summed E-state index contributed by atoms with van der Waals surface area (Å²) in [6.07, 6.45) is 3.67. The van der Waals surface area contributed by atoms with Crippen molar-refractivity contribution in [2.24, 2.45) is 5.92 Å². The summed E-state index contributed by atoms with van der Waals surface area (Å²) in [7, 11) is 0. The molecule has 3 rings (SSSR count). The second-order valence-corrected chi connectivity index (χ2v) is 5.66. The molecule has 1 aromatic heterocycles. The van der Waals surface area contributed by atoms with Crippen molar-refractivity contribution >= 4 is 17.4 Å². The minimum atomic E-state index is -0.250. The van der Waals surface area contributed by atoms with Gasteiger partial charge in [0.1, 0.15) is 5.82 Å². The van der Waals surface area contributed by atoms with Crippen LogP contribution in [0.5, 0.6) is 0 Å². The molecule has 22 heavy (non-hydrogen) atoms. The number of aromatic nitrogens is 2. The molecule has 1 aromatic carbocycles. The lowest BCUT2D eigenvalue weighted by Gasteiger charge is -2.06. The van der Waals surface area contributed by atoms with Crippen LogP contribution in [0.4, 0.5) is 11.5 Å². The first-order valence-electron chi connectivity index (χ1n) is 7.73. The Morgan fingerprint density at radius 3 is 2.68 bits per heavy atom. The molecule has 5 nitrogen and oxygen atoms in total. The zero-order chi connectivity index (χ0) is 15.4. The average Bonchev–Trinajstić information content (AvgIpc) is 3.27. The quantitative estimate of drug-likeness (QED) is 0.858. The van der Waals surface area contributed by atoms with E-state index < -0.39 is 0 Å². The molecule has 0 spiro atoms. The maximum absolute atomic E-state index is 12.1. The van der Waals surface area contributed by atoms with E-state index in [-0.39, 0.29) is 5.91 Å². The molecule has 1 aliphatic carbocycles. The lowest BCUT2D eigenvalue weighted by Crippen LogP contribution is -2.15. The molecule has 1 saturated carbocycles. The fourth-order valence-corrected chi connectivity index (χ4v) is 2.55. The van der Waals surface area contributed by atoms with Gasteiger partial charge in [-0.25, -0.2) is 0 Å². The van der Waals surface area contributed by atoms with Crippen molar-refractivity contribution in [3.63, 3.8) is 0 Å². The van der Waals surface area contributed by atoms with Gasteiger partial charge in [-0.2, -0.15) is 0 Å². The van der Waals surface area contributed by atoms with E-state index in [1.54, 1.807) is 6.07 Å². The van der Waals surface area contributed by atoms with Crippen LogP contribution in [0, 0.1) is 5.92 Å². The Morgan fingerprint density at radius 2 is 2.00 bits per heavy atom. The SMILES string of the molecule is CCCC1CC1Nc1ccc(C(=O)Nc2ccccc2)nn1. The van der Waals surface area contributed by atoms with Crippen molar-refractivity contribution in [1.82, 2.24) is 10.2 Å². The third-order valence-electron chi connectivity index (χ3n) is 3.84. The number of carbonyl (C=O) groups excluding carboxylic acids is 1. The van der Waals surface area contributed by atoms with Crippen molar-refractivity contribution in [2.45, 2.75) is 32.2 Å². The van der Waals surface area contributed by atoms with Crippen LogP contribution in [0.3, 0.4) is 0 Å². The fourth-order valence-electron chi connectivity index (χ4n) is 2.55. The number of hydrogen-bond donors (Lipinski definition) is 2. The number of para-hydroxylation sites is 1. The molecule has 1 amide bonds. The fraction of sp³-hybridized carbons (Fsp3) is 0.353. The number of hydrogen-bond acceptors (Lipinski definition) is 4. The van der Waals surface area contributed by atoms with Crippen LogP contribution in [0.25, 0.3) is 0 Å². The van der Waals surface area contributed by atoms with E-state index in [0.717, 1.165) is 17.4 Å². The third-order valence-corrected chi connectivity index (χ3v) is 3.84. The van der Waals surface area contributed by atoms with Crippen LogP contribution < -0.4 is 10.6 Å². The van der Waals surface area contributed by atoms with Crippen molar-refractivity contribution in [1.29, 1.82) is 0 Å². The number of rotatable bonds is 6. The maximum atomic E-state index is 12.1. The van der Waals surface area contributed by atoms with Gasteiger partial charge >= 0.3 is 0 Å². The van der Waals surface area contributed by atoms with E-state index >= 15 is 0 Å². The summed E-state index contributed by atoms with van der Waals surface area (Å²) in [5, 5.41) is 14.3. The van der Waals surface area contributed by atoms with Gasteiger partial charge in [0, 0.05) is 11.7 Å². The lowest BCUT2D eigenvalue weighted by atomic mass is 10.2. The van der Waals surface area contributed by atoms with Gasteiger partial charge in [-0.05, 0) is 43.0 Å². The van der Waals surface area contributed by atoms with Gasteiger partial charge in [0.15, 0.2) is 5.69 Å². The molecule has 2 aromatic rings. The summed E-state index contributed by atoms with van der Waals surface area (Å²) in [4.78, 5) is 12.1. The number of amides is 1. The van der Waals surface area contributed by atoms with E-state index in [1.807, 2.05) is 36.4 Å². The summed E-state index contributed by atoms with van der Waals surface area (Å²) in [6, 6.07) is 13.3. The van der Waals surface area contributed by atoms with Gasteiger partial charge in [0.2, 0.25) is 0 Å². The molecule has 2 unspecified atom stereocenters. The van der Waals surface area contributed by atoms with E-state index in [9.17, 15) is 4.79 Å². The lowest BCUT2D eigenvalue weighted by molar-refractivity contribution is 0.102. The van der Waals surface area contributed by atoms with Crippen LogP contribution in [0.15, 0.2) is 42.5 Å². The Labute approximate surface area is 130 Å². The first-order chi connectivity index (χ1) is 10.8. The summed E-state index contributed by atoms with van der Waals surface area (Å²) >= 11 is 0. The monoisotopic (exact) mass is 296 g/mol. The highest BCUT2D eigenvalue weighted by atomic mass is 16.1. The molecule has 2 N–H and O–H groups in total. The zero-order valence-corrected chi connectivity index (χ0v) is 12.6. The van der Waals surface area contributed by atoms with E-state index in [2.05, 4.69) is 27.8 Å². The molecule has 1 fully saturated rings. The minimum absolute atomic E-state index is 0.250. The second-order valence-electron chi connectivity index (χ2n) is 5.66. The molecule has 0 saturated heterocycles. The van der Waals surface area contributed by atoms with Gasteiger partial charge in [0.05, 0.1) is 0 Å². The number of carbonyl (C=O) groups is 1. The van der Waals surface area contributed by atoms with Crippen molar-refractivity contribution in [2.75, 3.05) is 10.6 Å². The average molecular weight is 296 g/mol. The topological polar surface area (TPSA) is 66.9 Å². The number of nitrogens with zero attached hydrogens (tertiary/aromatic N) is 2. The minimum Gasteiger partial charge on any atom is -0.366 e. The number of anilines is 2. The van der Waals surface area contributed by atoms with Crippen LogP contribution in [0.1, 0.15) is 36.7 Å². The van der Waals surface area contributed by atoms with Crippen molar-refractivity contribution in [3.05, 3.63) is 48.2 Å². The van der Waals surface area contributed by atoms with Crippen LogP contribution >= 0.6 is 0 Å². The highest BCUT2D eigenvalue weighted by molar-refractivity contribution is 6.02. The Balaban J connectivity index is 1.56. The Hall–Kier alpha value is -2.43. The maximum Gasteiger partial charge on any atom is 0.276 e. The Kier molecular flexibility index (Phi) is 4.32. The van der Waals surface area contributed by atoms with Crippen molar-refractivity contribution < 1.29 is 4.79 Å². The third kappa shape index (κ3) is 3.61. The smallest absolute Gasteiger partial charge is 0.276 e. The molecular weight excluding hydrogens is 276 g/mol. The Bertz CT molecular complexity index is 627. The van der Waals surface area contributed by atoms with Gasteiger partial charge < -0.3 is 10.6 Å². The molecule has 0 bridgehead atoms. The van der Waals surface area contributed by atoms with Gasteiger partial charge in [-0.3, -0.25) is 4.79 Å². The highest BCUT2D eigenvalue weighted by Crippen LogP contribution is 2.36. The van der Waals surface area contributed by atoms with Crippen molar-refractivity contribution in [3.8, 4) is 0 Å². The first-order valence-corrected chi connectivity index (χ1v) is 7.73. The predicted molar refractivity (Wildman–Crippen MR) is 86.9 cm³/mol. The first kappa shape index (κ1) is 14.5. The molecule has 114 valence electrons. The molecule has 1 aliphatic rings. The highest BCUT2D eigenvalue weighted by Gasteiger charge is 2.36. The Morgan fingerprint density at radius 1 is 1.18 bits per heavy atom. The standard InChI is InChI=1S/C17H20N4O/c1-2-6-12-11-15(12)19-16-10-9-14(20-21-16)17(22)18-13-7-4-3-5-8-13/h3-5,7-10,12,15H,2,6,11H2,1H3,(H,18,22)(H,19,21). The summed E-state index contributed by atoms with van der Waals surface area (Å²) in [5.41, 5.74) is 1.06. The summed E-state index contributed by atoms with van der Waals surface area (Å²) in [6.45, 7) is 2.20. The van der Waals surface area contributed by atoms with Gasteiger partial charge in [-0.1, -0.05) is 31.5 Å². The largest absolute Gasteiger partial charge is 0.366 e. The van der Waals surface area contributed by atoms with Crippen LogP contribution in [-0.4, -0.2) is 22.1 Å². The molecule has 5 heteroatoms. The molecule has 0 aliphatic heterocycles. The summed E-state index contributed by atoms with van der Waals surface area (Å²) < 4.78 is 0. The number of benzene rings is 1. The zero-order valence-electron chi connectivity index (χ0n) is 12.6. The molecule has 2 atom stereocenters.